The van der Waals surface area contributed by atoms with E-state index in [-0.39, 0.29) is 6.09 Å². The Labute approximate surface area is 116 Å². The summed E-state index contributed by atoms with van der Waals surface area (Å²) in [5.74, 6) is 1.37. The van der Waals surface area contributed by atoms with E-state index in [4.69, 9.17) is 10.5 Å². The first-order chi connectivity index (χ1) is 8.92. The van der Waals surface area contributed by atoms with E-state index < -0.39 is 5.60 Å². The van der Waals surface area contributed by atoms with E-state index in [1.54, 1.807) is 0 Å². The van der Waals surface area contributed by atoms with Gasteiger partial charge in [-0.25, -0.2) is 4.79 Å². The van der Waals surface area contributed by atoms with Crippen LogP contribution in [0.5, 0.6) is 0 Å². The predicted octanol–water partition coefficient (Wildman–Crippen LogP) is 2.76. The highest BCUT2D eigenvalue weighted by Crippen LogP contribution is 2.44. The van der Waals surface area contributed by atoms with E-state index in [9.17, 15) is 4.79 Å². The molecule has 0 aromatic heterocycles. The average Bonchev–Trinajstić information content (AvgIpc) is 3.00. The average molecular weight is 268 g/mol. The van der Waals surface area contributed by atoms with Crippen LogP contribution < -0.4 is 5.73 Å². The van der Waals surface area contributed by atoms with Gasteiger partial charge in [0.05, 0.1) is 0 Å². The largest absolute Gasteiger partial charge is 0.444 e. The van der Waals surface area contributed by atoms with E-state index in [0.717, 1.165) is 38.3 Å². The number of carbonyl (C=O) groups excluding carboxylic acids is 1. The molecule has 1 heterocycles. The maximum Gasteiger partial charge on any atom is 0.410 e. The van der Waals surface area contributed by atoms with Crippen LogP contribution in [0.2, 0.25) is 0 Å². The van der Waals surface area contributed by atoms with Gasteiger partial charge in [0.25, 0.3) is 0 Å². The van der Waals surface area contributed by atoms with Crippen LogP contribution in [0.25, 0.3) is 0 Å². The molecule has 0 bridgehead atoms. The minimum atomic E-state index is -0.410. The Morgan fingerprint density at radius 1 is 1.37 bits per heavy atom. The van der Waals surface area contributed by atoms with Gasteiger partial charge in [0.15, 0.2) is 0 Å². The van der Waals surface area contributed by atoms with Crippen LogP contribution in [0.15, 0.2) is 0 Å². The van der Waals surface area contributed by atoms with E-state index in [1.807, 2.05) is 25.7 Å². The summed E-state index contributed by atoms with van der Waals surface area (Å²) in [4.78, 5) is 14.3. The summed E-state index contributed by atoms with van der Waals surface area (Å²) in [5, 5.41) is 0. The van der Waals surface area contributed by atoms with Crippen LogP contribution in [0.4, 0.5) is 4.79 Å². The lowest BCUT2D eigenvalue weighted by atomic mass is 9.89. The van der Waals surface area contributed by atoms with Gasteiger partial charge in [-0.05, 0) is 71.3 Å². The lowest BCUT2D eigenvalue weighted by molar-refractivity contribution is 0.0161. The van der Waals surface area contributed by atoms with Crippen molar-refractivity contribution in [2.24, 2.45) is 17.6 Å². The van der Waals surface area contributed by atoms with Crippen LogP contribution in [-0.2, 0) is 4.74 Å². The first kappa shape index (κ1) is 14.6. The Balaban J connectivity index is 2.00. The maximum atomic E-state index is 12.3. The highest BCUT2D eigenvalue weighted by molar-refractivity contribution is 5.69. The lowest BCUT2D eigenvalue weighted by Crippen LogP contribution is -2.44. The molecule has 19 heavy (non-hydrogen) atoms. The summed E-state index contributed by atoms with van der Waals surface area (Å²) in [7, 11) is 0. The number of carbonyl (C=O) groups is 1. The Bertz CT molecular complexity index is 321. The quantitative estimate of drug-likeness (QED) is 0.853. The minimum Gasteiger partial charge on any atom is -0.444 e. The number of nitrogens with two attached hydrogens (primary N) is 1. The third-order valence-corrected chi connectivity index (χ3v) is 4.15. The maximum absolute atomic E-state index is 12.3. The van der Waals surface area contributed by atoms with Crippen molar-refractivity contribution in [3.05, 3.63) is 0 Å². The number of hydrogen-bond donors (Lipinski definition) is 1. The molecule has 2 fully saturated rings. The van der Waals surface area contributed by atoms with Crippen molar-refractivity contribution in [2.45, 2.75) is 64.5 Å². The van der Waals surface area contributed by atoms with Crippen molar-refractivity contribution in [1.29, 1.82) is 0 Å². The molecule has 0 radical (unpaired) electrons. The van der Waals surface area contributed by atoms with Crippen LogP contribution in [-0.4, -0.2) is 35.7 Å². The standard InChI is InChI=1S/C15H28N2O2/c1-15(2,3)19-14(18)17-10-4-5-13(17)12(8-9-16)11-6-7-11/h11-13H,4-10,16H2,1-3H3. The molecular formula is C15H28N2O2. The van der Waals surface area contributed by atoms with Gasteiger partial charge in [0, 0.05) is 12.6 Å². The molecule has 2 N–H and O–H groups in total. The van der Waals surface area contributed by atoms with E-state index in [0.29, 0.717) is 12.0 Å². The molecule has 2 atom stereocenters. The second-order valence-corrected chi connectivity index (χ2v) is 6.96. The van der Waals surface area contributed by atoms with Crippen LogP contribution in [0, 0.1) is 11.8 Å². The molecule has 1 amide bonds. The van der Waals surface area contributed by atoms with Gasteiger partial charge in [-0.3, -0.25) is 0 Å². The fourth-order valence-electron chi connectivity index (χ4n) is 3.24. The monoisotopic (exact) mass is 268 g/mol. The van der Waals surface area contributed by atoms with Gasteiger partial charge in [0.1, 0.15) is 5.60 Å². The molecule has 1 saturated carbocycles. The van der Waals surface area contributed by atoms with E-state index >= 15 is 0 Å². The van der Waals surface area contributed by atoms with Gasteiger partial charge < -0.3 is 15.4 Å². The van der Waals surface area contributed by atoms with Crippen molar-refractivity contribution in [2.75, 3.05) is 13.1 Å². The SMILES string of the molecule is CC(C)(C)OC(=O)N1CCCC1C(CCN)C1CC1. The highest BCUT2D eigenvalue weighted by Gasteiger charge is 2.42. The van der Waals surface area contributed by atoms with Gasteiger partial charge in [-0.15, -0.1) is 0 Å². The third-order valence-electron chi connectivity index (χ3n) is 4.15. The Kier molecular flexibility index (Phi) is 4.39. The van der Waals surface area contributed by atoms with Crippen molar-refractivity contribution in [1.82, 2.24) is 4.90 Å². The van der Waals surface area contributed by atoms with Crippen LogP contribution in [0.3, 0.4) is 0 Å². The van der Waals surface area contributed by atoms with Crippen molar-refractivity contribution in [3.63, 3.8) is 0 Å². The fourth-order valence-corrected chi connectivity index (χ4v) is 3.24. The summed E-state index contributed by atoms with van der Waals surface area (Å²) >= 11 is 0. The van der Waals surface area contributed by atoms with Crippen molar-refractivity contribution in [3.8, 4) is 0 Å². The molecule has 0 aromatic carbocycles. The van der Waals surface area contributed by atoms with Crippen LogP contribution >= 0.6 is 0 Å². The molecule has 1 aliphatic carbocycles. The van der Waals surface area contributed by atoms with Crippen molar-refractivity contribution >= 4 is 6.09 Å². The molecule has 0 spiro atoms. The predicted molar refractivity (Wildman–Crippen MR) is 75.8 cm³/mol. The van der Waals surface area contributed by atoms with Gasteiger partial charge in [0.2, 0.25) is 0 Å². The third kappa shape index (κ3) is 3.85. The number of hydrogen-bond acceptors (Lipinski definition) is 3. The number of ether oxygens (including phenoxy) is 1. The molecule has 2 unspecified atom stereocenters. The summed E-state index contributed by atoms with van der Waals surface area (Å²) in [6, 6.07) is 0.353. The van der Waals surface area contributed by atoms with E-state index in [2.05, 4.69) is 0 Å². The molecular weight excluding hydrogens is 240 g/mol. The zero-order valence-electron chi connectivity index (χ0n) is 12.5. The first-order valence-corrected chi connectivity index (χ1v) is 7.62. The second-order valence-electron chi connectivity index (χ2n) is 6.96. The summed E-state index contributed by atoms with van der Waals surface area (Å²) in [5.41, 5.74) is 5.34. The summed E-state index contributed by atoms with van der Waals surface area (Å²) < 4.78 is 5.54. The smallest absolute Gasteiger partial charge is 0.410 e. The topological polar surface area (TPSA) is 55.6 Å². The highest BCUT2D eigenvalue weighted by atomic mass is 16.6. The molecule has 0 aromatic rings. The zero-order chi connectivity index (χ0) is 14.0. The lowest BCUT2D eigenvalue weighted by Gasteiger charge is -2.33. The van der Waals surface area contributed by atoms with Gasteiger partial charge in [-0.1, -0.05) is 0 Å². The normalized spacial score (nSPS) is 25.5. The van der Waals surface area contributed by atoms with Gasteiger partial charge >= 0.3 is 6.09 Å². The second kappa shape index (κ2) is 5.70. The molecule has 4 heteroatoms. The van der Waals surface area contributed by atoms with Crippen molar-refractivity contribution < 1.29 is 9.53 Å². The summed E-state index contributed by atoms with van der Waals surface area (Å²) in [6.07, 6.45) is 5.72. The molecule has 110 valence electrons. The molecule has 1 aliphatic heterocycles. The Hall–Kier alpha value is -0.770. The number of amides is 1. The number of rotatable bonds is 4. The molecule has 2 rings (SSSR count). The molecule has 1 saturated heterocycles. The summed E-state index contributed by atoms with van der Waals surface area (Å²) in [6.45, 7) is 7.34. The zero-order valence-corrected chi connectivity index (χ0v) is 12.5. The first-order valence-electron chi connectivity index (χ1n) is 7.62. The number of likely N-dealkylation sites (tertiary alicyclic amines) is 1. The van der Waals surface area contributed by atoms with E-state index in [1.165, 1.54) is 12.8 Å². The van der Waals surface area contributed by atoms with Crippen LogP contribution in [0.1, 0.15) is 52.9 Å². The Morgan fingerprint density at radius 2 is 2.05 bits per heavy atom. The minimum absolute atomic E-state index is 0.141. The molecule has 4 nitrogen and oxygen atoms in total. The fraction of sp³-hybridized carbons (Fsp3) is 0.933. The number of nitrogens with zero attached hydrogens (tertiary/aromatic N) is 1. The van der Waals surface area contributed by atoms with Gasteiger partial charge in [-0.2, -0.15) is 0 Å². The molecule has 2 aliphatic rings. The Morgan fingerprint density at radius 3 is 2.58 bits per heavy atom.